The first-order valence-corrected chi connectivity index (χ1v) is 21.8. The van der Waals surface area contributed by atoms with Gasteiger partial charge in [0.25, 0.3) is 0 Å². The molecule has 5 atom stereocenters. The average molecular weight is 750 g/mol. The summed E-state index contributed by atoms with van der Waals surface area (Å²) in [6, 6.07) is 28.5. The van der Waals surface area contributed by atoms with Gasteiger partial charge in [0.05, 0.1) is 17.0 Å². The molecule has 0 fully saturated rings. The molecule has 12 rings (SSSR count). The van der Waals surface area contributed by atoms with E-state index < -0.39 is 5.41 Å². The third-order valence-corrected chi connectivity index (χ3v) is 14.9. The van der Waals surface area contributed by atoms with E-state index in [1.165, 1.54) is 75.8 Å². The first-order chi connectivity index (χ1) is 28.7. The number of fused-ring (bicyclic) bond motifs is 11. The van der Waals surface area contributed by atoms with Crippen molar-refractivity contribution in [2.45, 2.75) is 81.5 Å². The standard InChI is InChI=1S/C56H47NO/c57-34-35-21-23-37(24-22-35)39-27-29-43-42-13-7-8-18-48(42)56(50(43)32-39)49-19-9-10-20-52(49)58-53-30-28-41(33-51(53)56)55-46-16-5-3-14-44(46)54(45-15-4-6-17-47(45)55)40-26-25-36-11-1-2-12-38(36)31-40/h1,5-11,13,16-24,27,29,31-33,36,40,43,50H,2-4,12,14-15,25-26,28,30H2. The molecule has 0 aromatic heterocycles. The van der Waals surface area contributed by atoms with Crippen LogP contribution in [0.4, 0.5) is 0 Å². The molecule has 1 aliphatic heterocycles. The number of nitrogens with zero attached hydrogens (tertiary/aromatic N) is 1. The van der Waals surface area contributed by atoms with E-state index >= 15 is 0 Å². The second kappa shape index (κ2) is 13.3. The monoisotopic (exact) mass is 749 g/mol. The second-order valence-corrected chi connectivity index (χ2v) is 17.7. The van der Waals surface area contributed by atoms with Crippen molar-refractivity contribution in [3.8, 4) is 11.8 Å². The van der Waals surface area contributed by atoms with Crippen molar-refractivity contribution in [3.63, 3.8) is 0 Å². The Hall–Kier alpha value is -5.91. The van der Waals surface area contributed by atoms with Gasteiger partial charge >= 0.3 is 0 Å². The molecule has 0 saturated heterocycles. The average Bonchev–Trinajstić information content (AvgIpc) is 3.58. The van der Waals surface area contributed by atoms with Gasteiger partial charge in [-0.1, -0.05) is 127 Å². The molecule has 8 aliphatic rings. The van der Waals surface area contributed by atoms with Gasteiger partial charge in [0.1, 0.15) is 11.5 Å². The maximum atomic E-state index is 9.56. The largest absolute Gasteiger partial charge is 0.461 e. The number of allylic oxidation sites excluding steroid dienone is 14. The minimum Gasteiger partial charge on any atom is -0.461 e. The lowest BCUT2D eigenvalue weighted by atomic mass is 9.59. The molecule has 2 nitrogen and oxygen atoms in total. The molecule has 5 unspecified atom stereocenters. The lowest BCUT2D eigenvalue weighted by Gasteiger charge is -2.45. The number of ether oxygens (including phenoxy) is 1. The Morgan fingerprint density at radius 3 is 2.22 bits per heavy atom. The fraction of sp³-hybridized carbons (Fsp3) is 0.268. The Bertz CT molecular complexity index is 2690. The van der Waals surface area contributed by atoms with E-state index in [1.807, 2.05) is 12.1 Å². The summed E-state index contributed by atoms with van der Waals surface area (Å²) in [5.41, 5.74) is 20.5. The van der Waals surface area contributed by atoms with Gasteiger partial charge in [-0.3, -0.25) is 0 Å². The van der Waals surface area contributed by atoms with Crippen LogP contribution in [0.1, 0.15) is 124 Å². The number of para-hydroxylation sites is 1. The molecular formula is C56H47NO. The Kier molecular flexibility index (Phi) is 7.85. The summed E-state index contributed by atoms with van der Waals surface area (Å²) in [7, 11) is 0. The quantitative estimate of drug-likeness (QED) is 0.195. The highest BCUT2D eigenvalue weighted by atomic mass is 16.5. The molecule has 7 aliphatic carbocycles. The first kappa shape index (κ1) is 34.2. The second-order valence-electron chi connectivity index (χ2n) is 17.7. The third kappa shape index (κ3) is 4.95. The number of nitriles is 1. The smallest absolute Gasteiger partial charge is 0.131 e. The van der Waals surface area contributed by atoms with Gasteiger partial charge in [0.15, 0.2) is 0 Å². The Morgan fingerprint density at radius 2 is 1.41 bits per heavy atom. The van der Waals surface area contributed by atoms with Crippen LogP contribution >= 0.6 is 0 Å². The van der Waals surface area contributed by atoms with Crippen LogP contribution in [0.2, 0.25) is 0 Å². The van der Waals surface area contributed by atoms with Crippen LogP contribution < -0.4 is 4.74 Å². The number of benzene rings is 4. The van der Waals surface area contributed by atoms with Gasteiger partial charge in [0, 0.05) is 35.3 Å². The van der Waals surface area contributed by atoms with Crippen molar-refractivity contribution in [1.29, 1.82) is 5.26 Å². The Balaban J connectivity index is 1.07. The lowest BCUT2D eigenvalue weighted by molar-refractivity contribution is 0.328. The van der Waals surface area contributed by atoms with Crippen LogP contribution in [0, 0.1) is 23.2 Å². The highest BCUT2D eigenvalue weighted by Crippen LogP contribution is 2.65. The summed E-state index contributed by atoms with van der Waals surface area (Å²) < 4.78 is 7.03. The predicted molar refractivity (Wildman–Crippen MR) is 236 cm³/mol. The lowest BCUT2D eigenvalue weighted by Crippen LogP contribution is -2.40. The molecular weight excluding hydrogens is 703 g/mol. The van der Waals surface area contributed by atoms with Gasteiger partial charge < -0.3 is 4.74 Å². The van der Waals surface area contributed by atoms with E-state index in [0.29, 0.717) is 17.4 Å². The van der Waals surface area contributed by atoms with Crippen molar-refractivity contribution >= 4 is 23.3 Å². The minimum atomic E-state index is -0.426. The molecule has 4 aromatic carbocycles. The number of hydrogen-bond acceptors (Lipinski definition) is 2. The SMILES string of the molecule is N#Cc1ccc(C2=CC3C(C=C2)c2ccccc2C32C3=C(CCC(c4c5c(c(C6C=C7CCC=CC7CC6)c6c4C=CCC6)CCC=C5)=C3)Oc3ccccc32)cc1. The van der Waals surface area contributed by atoms with Crippen molar-refractivity contribution in [3.05, 3.63) is 206 Å². The van der Waals surface area contributed by atoms with Crippen LogP contribution in [-0.2, 0) is 18.3 Å². The van der Waals surface area contributed by atoms with E-state index in [9.17, 15) is 5.26 Å². The van der Waals surface area contributed by atoms with E-state index in [1.54, 1.807) is 22.3 Å². The molecule has 1 spiro atoms. The van der Waals surface area contributed by atoms with Crippen LogP contribution in [-0.4, -0.2) is 0 Å². The van der Waals surface area contributed by atoms with Crippen LogP contribution in [0.15, 0.2) is 144 Å². The Labute approximate surface area is 342 Å². The summed E-state index contributed by atoms with van der Waals surface area (Å²) >= 11 is 0. The molecule has 0 radical (unpaired) electrons. The summed E-state index contributed by atoms with van der Waals surface area (Å²) in [5.74, 6) is 3.64. The predicted octanol–water partition coefficient (Wildman–Crippen LogP) is 13.4. The van der Waals surface area contributed by atoms with Gasteiger partial charge in [-0.2, -0.15) is 5.26 Å². The van der Waals surface area contributed by atoms with Gasteiger partial charge in [-0.25, -0.2) is 0 Å². The molecule has 1 heterocycles. The molecule has 2 heteroatoms. The summed E-state index contributed by atoms with van der Waals surface area (Å²) in [6.45, 7) is 0. The van der Waals surface area contributed by atoms with E-state index in [2.05, 4.69) is 134 Å². The van der Waals surface area contributed by atoms with Crippen molar-refractivity contribution in [2.24, 2.45) is 11.8 Å². The molecule has 58 heavy (non-hydrogen) atoms. The minimum absolute atomic E-state index is 0.147. The molecule has 4 aromatic rings. The highest BCUT2D eigenvalue weighted by molar-refractivity contribution is 5.89. The fourth-order valence-electron chi connectivity index (χ4n) is 12.5. The summed E-state index contributed by atoms with van der Waals surface area (Å²) in [5, 5.41) is 9.56. The number of hydrogen-bond donors (Lipinski definition) is 0. The van der Waals surface area contributed by atoms with Gasteiger partial charge in [-0.05, 0) is 143 Å². The molecule has 0 bridgehead atoms. The van der Waals surface area contributed by atoms with Crippen molar-refractivity contribution in [1.82, 2.24) is 0 Å². The molecule has 0 saturated carbocycles. The van der Waals surface area contributed by atoms with Gasteiger partial charge in [-0.15, -0.1) is 0 Å². The van der Waals surface area contributed by atoms with Crippen LogP contribution in [0.5, 0.6) is 5.75 Å². The summed E-state index contributed by atoms with van der Waals surface area (Å²) in [4.78, 5) is 0. The third-order valence-electron chi connectivity index (χ3n) is 14.9. The first-order valence-electron chi connectivity index (χ1n) is 21.8. The normalized spacial score (nSPS) is 26.8. The highest BCUT2D eigenvalue weighted by Gasteiger charge is 2.58. The molecule has 0 amide bonds. The van der Waals surface area contributed by atoms with E-state index in [4.69, 9.17) is 4.74 Å². The maximum Gasteiger partial charge on any atom is 0.131 e. The zero-order valence-electron chi connectivity index (χ0n) is 33.0. The Morgan fingerprint density at radius 1 is 0.672 bits per heavy atom. The van der Waals surface area contributed by atoms with E-state index in [0.717, 1.165) is 55.6 Å². The number of rotatable bonds is 3. The maximum absolute atomic E-state index is 9.56. The van der Waals surface area contributed by atoms with Crippen molar-refractivity contribution in [2.75, 3.05) is 0 Å². The van der Waals surface area contributed by atoms with Crippen LogP contribution in [0.25, 0.3) is 23.3 Å². The van der Waals surface area contributed by atoms with Crippen molar-refractivity contribution < 1.29 is 4.74 Å². The zero-order valence-corrected chi connectivity index (χ0v) is 33.0. The molecule has 0 N–H and O–H groups in total. The summed E-state index contributed by atoms with van der Waals surface area (Å²) in [6.07, 6.45) is 38.7. The topological polar surface area (TPSA) is 33.0 Å². The zero-order chi connectivity index (χ0) is 38.4. The van der Waals surface area contributed by atoms with Gasteiger partial charge in [0.2, 0.25) is 0 Å². The van der Waals surface area contributed by atoms with E-state index in [-0.39, 0.29) is 11.8 Å². The molecule has 282 valence electrons. The fourth-order valence-corrected chi connectivity index (χ4v) is 12.5. The van der Waals surface area contributed by atoms with Crippen LogP contribution in [0.3, 0.4) is 0 Å².